The summed E-state index contributed by atoms with van der Waals surface area (Å²) < 4.78 is 23.4. The predicted molar refractivity (Wildman–Crippen MR) is 180 cm³/mol. The molecule has 4 aliphatic rings. The van der Waals surface area contributed by atoms with Crippen LogP contribution in [0.25, 0.3) is 0 Å². The summed E-state index contributed by atoms with van der Waals surface area (Å²) >= 11 is 0. The first-order valence-electron chi connectivity index (χ1n) is 17.5. The van der Waals surface area contributed by atoms with Crippen LogP contribution in [0.3, 0.4) is 0 Å². The van der Waals surface area contributed by atoms with Crippen molar-refractivity contribution in [1.82, 2.24) is 10.4 Å². The van der Waals surface area contributed by atoms with Crippen molar-refractivity contribution in [2.24, 2.45) is 11.3 Å². The van der Waals surface area contributed by atoms with E-state index in [9.17, 15) is 28.8 Å². The fourth-order valence-corrected chi connectivity index (χ4v) is 6.63. The van der Waals surface area contributed by atoms with Crippen molar-refractivity contribution in [3.63, 3.8) is 0 Å². The maximum Gasteiger partial charge on any atom is 0.339 e. The van der Waals surface area contributed by atoms with E-state index in [2.05, 4.69) is 18.3 Å². The second kappa shape index (κ2) is 16.6. The van der Waals surface area contributed by atoms with Gasteiger partial charge in [-0.05, 0) is 59.5 Å². The molecule has 13 heteroatoms. The number of ether oxygens (including phenoxy) is 4. The molecule has 0 radical (unpaired) electrons. The van der Waals surface area contributed by atoms with Gasteiger partial charge < -0.3 is 29.1 Å². The number of esters is 1. The fourth-order valence-electron chi connectivity index (χ4n) is 6.63. The molecule has 50 heavy (non-hydrogen) atoms. The first-order chi connectivity index (χ1) is 23.4. The Hall–Kier alpha value is -3.68. The molecular formula is C37H52N2O11. The molecule has 276 valence electrons. The summed E-state index contributed by atoms with van der Waals surface area (Å²) in [6, 6.07) is -0.140. The summed E-state index contributed by atoms with van der Waals surface area (Å²) in [5.74, 6) is -2.59. The van der Waals surface area contributed by atoms with Crippen molar-refractivity contribution in [3.05, 3.63) is 36.0 Å². The van der Waals surface area contributed by atoms with Crippen LogP contribution in [0.4, 0.5) is 0 Å². The van der Waals surface area contributed by atoms with Crippen molar-refractivity contribution < 1.29 is 52.6 Å². The Morgan fingerprint density at radius 1 is 1.06 bits per heavy atom. The van der Waals surface area contributed by atoms with Crippen molar-refractivity contribution in [3.8, 4) is 0 Å². The first kappa shape index (κ1) is 39.1. The van der Waals surface area contributed by atoms with Gasteiger partial charge in [0, 0.05) is 51.5 Å². The second-order valence-corrected chi connectivity index (χ2v) is 14.9. The van der Waals surface area contributed by atoms with Crippen LogP contribution in [0.1, 0.15) is 99.8 Å². The monoisotopic (exact) mass is 700 g/mol. The summed E-state index contributed by atoms with van der Waals surface area (Å²) in [5, 5.41) is 3.50. The van der Waals surface area contributed by atoms with Crippen LogP contribution < -0.4 is 5.32 Å². The minimum Gasteiger partial charge on any atom is -0.459 e. The lowest BCUT2D eigenvalue weighted by molar-refractivity contribution is -0.204. The van der Waals surface area contributed by atoms with Crippen LogP contribution in [0, 0.1) is 11.3 Å². The quantitative estimate of drug-likeness (QED) is 0.0915. The number of nitrogens with zero attached hydrogens (tertiary/aromatic N) is 1. The standard InChI is InChI=1S/C37H52N2O11/c1-22(9-12-31-23(2)16-30(25(4)48-31)38-32(42)13-10-24(3)47-26(5)40)8-11-28-19-37(21-46-37)20-29(49-28)17-27(41)18-36(6,7)35(45)50-39-33(43)14-15-34(39)44/h8-11,13,23-25,28-31H,12,14-21H2,1-7H3,(H,38,42)/b11-8+,13-10-,22-9+/t23-,24-,25+,28+,29+,30+,31-,37+/m0/s1. The molecule has 0 aliphatic carbocycles. The van der Waals surface area contributed by atoms with E-state index in [0.717, 1.165) is 12.0 Å². The molecule has 0 aromatic carbocycles. The molecule has 0 bridgehead atoms. The molecule has 4 fully saturated rings. The maximum atomic E-state index is 13.1. The highest BCUT2D eigenvalue weighted by atomic mass is 16.7. The van der Waals surface area contributed by atoms with Crippen molar-refractivity contribution in [2.75, 3.05) is 6.61 Å². The number of hydrogen-bond acceptors (Lipinski definition) is 11. The lowest BCUT2D eigenvalue weighted by atomic mass is 9.84. The summed E-state index contributed by atoms with van der Waals surface area (Å²) in [7, 11) is 0. The van der Waals surface area contributed by atoms with Crippen LogP contribution in [0.15, 0.2) is 36.0 Å². The molecule has 4 aliphatic heterocycles. The number of carbonyl (C=O) groups excluding carboxylic acids is 6. The Kier molecular flexibility index (Phi) is 13.0. The van der Waals surface area contributed by atoms with Gasteiger partial charge in [0.15, 0.2) is 0 Å². The van der Waals surface area contributed by atoms with Gasteiger partial charge in [0.1, 0.15) is 11.9 Å². The summed E-state index contributed by atoms with van der Waals surface area (Å²) in [6.07, 6.45) is 10.4. The fraction of sp³-hybridized carbons (Fsp3) is 0.676. The highest BCUT2D eigenvalue weighted by Gasteiger charge is 2.51. The third kappa shape index (κ3) is 11.2. The number of imide groups is 1. The minimum atomic E-state index is -1.24. The van der Waals surface area contributed by atoms with Gasteiger partial charge in [-0.25, -0.2) is 4.79 Å². The van der Waals surface area contributed by atoms with E-state index in [-0.39, 0.29) is 79.4 Å². The topological polar surface area (TPSA) is 167 Å². The highest BCUT2D eigenvalue weighted by Crippen LogP contribution is 2.43. The molecule has 0 aromatic rings. The molecule has 13 nitrogen and oxygen atoms in total. The molecule has 4 saturated heterocycles. The van der Waals surface area contributed by atoms with Crippen LogP contribution in [0.2, 0.25) is 0 Å². The number of epoxide rings is 1. The number of nitrogens with one attached hydrogen (secondary N) is 1. The van der Waals surface area contributed by atoms with E-state index < -0.39 is 35.3 Å². The molecule has 4 rings (SSSR count). The van der Waals surface area contributed by atoms with E-state index >= 15 is 0 Å². The molecule has 0 aromatic heterocycles. The summed E-state index contributed by atoms with van der Waals surface area (Å²) in [6.45, 7) is 12.8. The normalized spacial score (nSPS) is 30.9. The number of ketones is 1. The van der Waals surface area contributed by atoms with E-state index in [0.29, 0.717) is 30.9 Å². The Labute approximate surface area is 294 Å². The molecule has 1 spiro atoms. The number of carbonyl (C=O) groups is 6. The molecule has 0 saturated carbocycles. The van der Waals surface area contributed by atoms with E-state index in [1.165, 1.54) is 13.0 Å². The largest absolute Gasteiger partial charge is 0.459 e. The van der Waals surface area contributed by atoms with Gasteiger partial charge in [0.2, 0.25) is 5.91 Å². The van der Waals surface area contributed by atoms with E-state index in [1.807, 2.05) is 26.0 Å². The maximum absolute atomic E-state index is 13.1. The average molecular weight is 701 g/mol. The van der Waals surface area contributed by atoms with E-state index in [1.54, 1.807) is 26.8 Å². The molecule has 4 heterocycles. The van der Waals surface area contributed by atoms with E-state index in [4.69, 9.17) is 23.8 Å². The van der Waals surface area contributed by atoms with Crippen molar-refractivity contribution in [2.45, 2.75) is 142 Å². The lowest BCUT2D eigenvalue weighted by Crippen LogP contribution is -2.50. The Balaban J connectivity index is 1.24. The smallest absolute Gasteiger partial charge is 0.339 e. The average Bonchev–Trinajstić information content (AvgIpc) is 3.68. The van der Waals surface area contributed by atoms with Gasteiger partial charge in [-0.15, -0.1) is 5.06 Å². The lowest BCUT2D eigenvalue weighted by Gasteiger charge is -2.39. The van der Waals surface area contributed by atoms with Gasteiger partial charge in [0.25, 0.3) is 11.8 Å². The highest BCUT2D eigenvalue weighted by molar-refractivity contribution is 6.02. The van der Waals surface area contributed by atoms with Crippen LogP contribution in [-0.2, 0) is 52.6 Å². The second-order valence-electron chi connectivity index (χ2n) is 14.9. The molecule has 1 N–H and O–H groups in total. The number of amides is 3. The number of allylic oxidation sites excluding steroid dienone is 2. The van der Waals surface area contributed by atoms with Crippen molar-refractivity contribution in [1.29, 1.82) is 0 Å². The van der Waals surface area contributed by atoms with Crippen molar-refractivity contribution >= 4 is 35.4 Å². The zero-order chi connectivity index (χ0) is 36.8. The third-order valence-electron chi connectivity index (χ3n) is 9.58. The van der Waals surface area contributed by atoms with Crippen LogP contribution in [-0.4, -0.2) is 89.3 Å². The van der Waals surface area contributed by atoms with Gasteiger partial charge in [-0.3, -0.25) is 24.0 Å². The summed E-state index contributed by atoms with van der Waals surface area (Å²) in [4.78, 5) is 78.1. The van der Waals surface area contributed by atoms with Gasteiger partial charge in [-0.1, -0.05) is 30.7 Å². The van der Waals surface area contributed by atoms with Gasteiger partial charge >= 0.3 is 11.9 Å². The molecule has 3 amide bonds. The number of hydrogen-bond donors (Lipinski definition) is 1. The zero-order valence-electron chi connectivity index (χ0n) is 30.2. The van der Waals surface area contributed by atoms with Crippen LogP contribution >= 0.6 is 0 Å². The Morgan fingerprint density at radius 2 is 1.74 bits per heavy atom. The molecule has 0 unspecified atom stereocenters. The Bertz CT molecular complexity index is 1400. The van der Waals surface area contributed by atoms with Gasteiger partial charge in [0.05, 0.1) is 48.1 Å². The zero-order valence-corrected chi connectivity index (χ0v) is 30.2. The van der Waals surface area contributed by atoms with Gasteiger partial charge in [-0.2, -0.15) is 0 Å². The number of rotatable bonds is 14. The first-order valence-corrected chi connectivity index (χ1v) is 17.5. The number of hydroxylamine groups is 2. The minimum absolute atomic E-state index is 0.00326. The molecular weight excluding hydrogens is 648 g/mol. The molecule has 8 atom stereocenters. The Morgan fingerprint density at radius 3 is 2.38 bits per heavy atom. The third-order valence-corrected chi connectivity index (χ3v) is 9.58. The number of Topliss-reactive ketones (excluding diaryl/α,β-unsaturated/α-hetero) is 1. The summed E-state index contributed by atoms with van der Waals surface area (Å²) in [5.41, 5.74) is -0.511. The predicted octanol–water partition coefficient (Wildman–Crippen LogP) is 3.98. The van der Waals surface area contributed by atoms with Crippen LogP contribution in [0.5, 0.6) is 0 Å². The SMILES string of the molecule is CC(=O)O[C@@H](C)/C=C\C(=O)N[C@@H]1C[C@H](C)[C@H](C/C=C(C)/C=C/[C@@H]2C[C@]3(CO3)C[C@@H](CC(=O)CC(C)(C)C(=O)ON3C(=O)CCC3=O)O2)O[C@@H]1C.